The fraction of sp³-hybridized carbons (Fsp3) is 0.611. The number of nitrogen functional groups attached to an aromatic ring is 1. The number of benzene rings is 1. The van der Waals surface area contributed by atoms with Crippen molar-refractivity contribution < 1.29 is 14.3 Å². The van der Waals surface area contributed by atoms with Crippen molar-refractivity contribution in [1.29, 1.82) is 0 Å². The molecule has 1 aliphatic rings. The maximum absolute atomic E-state index is 12.1. The molecule has 5 nitrogen and oxygen atoms in total. The number of ether oxygens (including phenoxy) is 2. The highest BCUT2D eigenvalue weighted by Gasteiger charge is 2.27. The number of anilines is 1. The molecule has 5 heteroatoms. The second-order valence-corrected chi connectivity index (χ2v) is 7.01. The minimum absolute atomic E-state index is 0.127. The van der Waals surface area contributed by atoms with E-state index in [1.54, 1.807) is 4.90 Å². The molecule has 0 aromatic heterocycles. The first kappa shape index (κ1) is 17.4. The van der Waals surface area contributed by atoms with E-state index in [0.29, 0.717) is 13.1 Å². The first-order valence-corrected chi connectivity index (χ1v) is 8.31. The molecule has 1 aromatic rings. The van der Waals surface area contributed by atoms with E-state index >= 15 is 0 Å². The summed E-state index contributed by atoms with van der Waals surface area (Å²) in [4.78, 5) is 13.8. The molecule has 0 spiro atoms. The topological polar surface area (TPSA) is 64.8 Å². The van der Waals surface area contributed by atoms with Gasteiger partial charge in [0.2, 0.25) is 0 Å². The summed E-state index contributed by atoms with van der Waals surface area (Å²) in [5.74, 6) is 0.900. The second kappa shape index (κ2) is 7.11. The summed E-state index contributed by atoms with van der Waals surface area (Å²) >= 11 is 0. The number of nitrogens with two attached hydrogens (primary N) is 1. The van der Waals surface area contributed by atoms with Crippen molar-refractivity contribution in [3.8, 4) is 5.75 Å². The highest BCUT2D eigenvalue weighted by atomic mass is 16.6. The van der Waals surface area contributed by atoms with Gasteiger partial charge in [-0.1, -0.05) is 6.92 Å². The molecule has 0 aliphatic carbocycles. The SMILES string of the molecule is CCc1cc(N)ccc1OC1CCN(C(=O)OC(C)(C)C)CC1. The van der Waals surface area contributed by atoms with Crippen molar-refractivity contribution >= 4 is 11.8 Å². The lowest BCUT2D eigenvalue weighted by atomic mass is 10.1. The van der Waals surface area contributed by atoms with Crippen LogP contribution < -0.4 is 10.5 Å². The van der Waals surface area contributed by atoms with Crippen molar-refractivity contribution in [3.63, 3.8) is 0 Å². The van der Waals surface area contributed by atoms with Gasteiger partial charge in [0, 0.05) is 31.6 Å². The Morgan fingerprint density at radius 1 is 1.30 bits per heavy atom. The van der Waals surface area contributed by atoms with Gasteiger partial charge in [0.05, 0.1) is 0 Å². The molecule has 0 radical (unpaired) electrons. The molecular formula is C18H28N2O3. The lowest BCUT2D eigenvalue weighted by Gasteiger charge is -2.33. The van der Waals surface area contributed by atoms with Crippen LogP contribution in [-0.2, 0) is 11.2 Å². The van der Waals surface area contributed by atoms with E-state index in [4.69, 9.17) is 15.2 Å². The van der Waals surface area contributed by atoms with Gasteiger partial charge in [0.25, 0.3) is 0 Å². The van der Waals surface area contributed by atoms with Gasteiger partial charge in [-0.3, -0.25) is 0 Å². The Balaban J connectivity index is 1.89. The number of nitrogens with zero attached hydrogens (tertiary/aromatic N) is 1. The standard InChI is InChI=1S/C18H28N2O3/c1-5-13-12-14(19)6-7-16(13)22-15-8-10-20(11-9-15)17(21)23-18(2,3)4/h6-7,12,15H,5,8-11,19H2,1-4H3. The number of amides is 1. The van der Waals surface area contributed by atoms with Crippen molar-refractivity contribution in [1.82, 2.24) is 4.90 Å². The zero-order valence-electron chi connectivity index (χ0n) is 14.6. The number of hydrogen-bond donors (Lipinski definition) is 1. The summed E-state index contributed by atoms with van der Waals surface area (Å²) in [6.07, 6.45) is 2.40. The molecule has 1 heterocycles. The van der Waals surface area contributed by atoms with Gasteiger partial charge in [0.15, 0.2) is 0 Å². The van der Waals surface area contributed by atoms with Crippen LogP contribution in [0.4, 0.5) is 10.5 Å². The molecule has 0 unspecified atom stereocenters. The summed E-state index contributed by atoms with van der Waals surface area (Å²) in [6, 6.07) is 5.77. The normalized spacial score (nSPS) is 16.3. The molecule has 2 N–H and O–H groups in total. The van der Waals surface area contributed by atoms with E-state index in [9.17, 15) is 4.79 Å². The number of carbonyl (C=O) groups excluding carboxylic acids is 1. The largest absolute Gasteiger partial charge is 0.490 e. The van der Waals surface area contributed by atoms with E-state index in [2.05, 4.69) is 6.92 Å². The minimum atomic E-state index is -0.454. The van der Waals surface area contributed by atoms with E-state index in [-0.39, 0.29) is 12.2 Å². The van der Waals surface area contributed by atoms with Gasteiger partial charge in [-0.25, -0.2) is 4.79 Å². The Hall–Kier alpha value is -1.91. The maximum Gasteiger partial charge on any atom is 0.410 e. The van der Waals surface area contributed by atoms with E-state index in [1.807, 2.05) is 39.0 Å². The fourth-order valence-corrected chi connectivity index (χ4v) is 2.65. The van der Waals surface area contributed by atoms with E-state index in [0.717, 1.165) is 36.3 Å². The van der Waals surface area contributed by atoms with Crippen LogP contribution in [0.2, 0.25) is 0 Å². The average Bonchev–Trinajstić information content (AvgIpc) is 2.48. The number of carbonyl (C=O) groups is 1. The van der Waals surface area contributed by atoms with Gasteiger partial charge in [0.1, 0.15) is 17.5 Å². The van der Waals surface area contributed by atoms with Gasteiger partial charge >= 0.3 is 6.09 Å². The molecule has 1 amide bonds. The van der Waals surface area contributed by atoms with Crippen molar-refractivity contribution in [3.05, 3.63) is 23.8 Å². The molecule has 0 bridgehead atoms. The molecule has 2 rings (SSSR count). The Morgan fingerprint density at radius 3 is 2.52 bits per heavy atom. The van der Waals surface area contributed by atoms with Crippen molar-refractivity contribution in [2.24, 2.45) is 0 Å². The van der Waals surface area contributed by atoms with Crippen LogP contribution in [0.1, 0.15) is 46.1 Å². The number of rotatable bonds is 3. The quantitative estimate of drug-likeness (QED) is 0.864. The molecule has 0 atom stereocenters. The van der Waals surface area contributed by atoms with Crippen LogP contribution in [0.15, 0.2) is 18.2 Å². The monoisotopic (exact) mass is 320 g/mol. The minimum Gasteiger partial charge on any atom is -0.490 e. The van der Waals surface area contributed by atoms with Crippen LogP contribution in [0.3, 0.4) is 0 Å². The van der Waals surface area contributed by atoms with Crippen LogP contribution in [0.25, 0.3) is 0 Å². The molecule has 128 valence electrons. The van der Waals surface area contributed by atoms with Gasteiger partial charge in [-0.15, -0.1) is 0 Å². The molecular weight excluding hydrogens is 292 g/mol. The highest BCUT2D eigenvalue weighted by Crippen LogP contribution is 2.26. The van der Waals surface area contributed by atoms with Crippen molar-refractivity contribution in [2.75, 3.05) is 18.8 Å². The van der Waals surface area contributed by atoms with Crippen LogP contribution in [0.5, 0.6) is 5.75 Å². The Kier molecular flexibility index (Phi) is 5.39. The predicted octanol–water partition coefficient (Wildman–Crippen LogP) is 3.61. The van der Waals surface area contributed by atoms with Crippen LogP contribution >= 0.6 is 0 Å². The molecule has 1 fully saturated rings. The number of hydrogen-bond acceptors (Lipinski definition) is 4. The molecule has 1 saturated heterocycles. The van der Waals surface area contributed by atoms with Crippen LogP contribution in [0, 0.1) is 0 Å². The first-order valence-electron chi connectivity index (χ1n) is 8.31. The average molecular weight is 320 g/mol. The lowest BCUT2D eigenvalue weighted by molar-refractivity contribution is 0.0126. The second-order valence-electron chi connectivity index (χ2n) is 7.01. The Bertz CT molecular complexity index is 544. The summed E-state index contributed by atoms with van der Waals surface area (Å²) in [5.41, 5.74) is 7.25. The van der Waals surface area contributed by atoms with Crippen LogP contribution in [-0.4, -0.2) is 35.8 Å². The number of likely N-dealkylation sites (tertiary alicyclic amines) is 1. The zero-order valence-corrected chi connectivity index (χ0v) is 14.6. The van der Waals surface area contributed by atoms with Gasteiger partial charge in [-0.2, -0.15) is 0 Å². The smallest absolute Gasteiger partial charge is 0.410 e. The molecule has 1 aromatic carbocycles. The fourth-order valence-electron chi connectivity index (χ4n) is 2.65. The molecule has 1 aliphatic heterocycles. The third-order valence-corrected chi connectivity index (χ3v) is 3.85. The van der Waals surface area contributed by atoms with E-state index < -0.39 is 5.60 Å². The maximum atomic E-state index is 12.1. The van der Waals surface area contributed by atoms with Gasteiger partial charge in [-0.05, 0) is 51.0 Å². The van der Waals surface area contributed by atoms with Crippen molar-refractivity contribution in [2.45, 2.75) is 58.7 Å². The highest BCUT2D eigenvalue weighted by molar-refractivity contribution is 5.68. The summed E-state index contributed by atoms with van der Waals surface area (Å²) in [5, 5.41) is 0. The number of aryl methyl sites for hydroxylation is 1. The molecule has 0 saturated carbocycles. The molecule has 23 heavy (non-hydrogen) atoms. The third kappa shape index (κ3) is 5.05. The summed E-state index contributed by atoms with van der Waals surface area (Å²) in [7, 11) is 0. The van der Waals surface area contributed by atoms with Gasteiger partial charge < -0.3 is 20.1 Å². The predicted molar refractivity (Wildman–Crippen MR) is 91.7 cm³/mol. The lowest BCUT2D eigenvalue weighted by Crippen LogP contribution is -2.44. The zero-order chi connectivity index (χ0) is 17.0. The number of piperidine rings is 1. The summed E-state index contributed by atoms with van der Waals surface area (Å²) in [6.45, 7) is 9.06. The Morgan fingerprint density at radius 2 is 1.96 bits per heavy atom. The first-order chi connectivity index (χ1) is 10.8. The summed E-state index contributed by atoms with van der Waals surface area (Å²) < 4.78 is 11.5. The Labute approximate surface area is 138 Å². The van der Waals surface area contributed by atoms with E-state index in [1.165, 1.54) is 0 Å². The third-order valence-electron chi connectivity index (χ3n) is 3.85.